The lowest BCUT2D eigenvalue weighted by molar-refractivity contribution is -0.116. The number of amides is 2. The summed E-state index contributed by atoms with van der Waals surface area (Å²) in [6, 6.07) is 15.5. The molecular weight excluding hydrogens is 386 g/mol. The molecule has 2 aromatic carbocycles. The molecule has 2 rings (SSSR count). The van der Waals surface area contributed by atoms with E-state index >= 15 is 0 Å². The summed E-state index contributed by atoms with van der Waals surface area (Å²) in [5, 5.41) is 2.92. The lowest BCUT2D eigenvalue weighted by atomic mass is 10.1. The SMILES string of the molecule is Cc1cc(C(=O)N(CCN)CCc2ccccc2)ccc1NC(=O)CC(C)C.Cl. The van der Waals surface area contributed by atoms with Crippen molar-refractivity contribution in [3.63, 3.8) is 0 Å². The molecule has 0 fully saturated rings. The zero-order valence-electron chi connectivity index (χ0n) is 17.5. The zero-order chi connectivity index (χ0) is 20.5. The van der Waals surface area contributed by atoms with Crippen molar-refractivity contribution in [2.45, 2.75) is 33.6 Å². The number of aryl methyl sites for hydroxylation is 1. The van der Waals surface area contributed by atoms with Crippen molar-refractivity contribution in [3.8, 4) is 0 Å². The fraction of sp³-hybridized carbons (Fsp3) is 0.391. The maximum atomic E-state index is 13.0. The topological polar surface area (TPSA) is 75.4 Å². The average Bonchev–Trinajstić information content (AvgIpc) is 2.66. The highest BCUT2D eigenvalue weighted by Gasteiger charge is 2.16. The standard InChI is InChI=1S/C23H31N3O2.ClH/c1-17(2)15-22(27)25-21-10-9-20(16-18(21)3)23(28)26(14-12-24)13-11-19-7-5-4-6-8-19;/h4-10,16-17H,11-15,24H2,1-3H3,(H,25,27);1H. The van der Waals surface area contributed by atoms with Crippen LogP contribution in [0, 0.1) is 12.8 Å². The first-order valence-electron chi connectivity index (χ1n) is 9.84. The van der Waals surface area contributed by atoms with E-state index in [4.69, 9.17) is 5.73 Å². The molecule has 0 bridgehead atoms. The summed E-state index contributed by atoms with van der Waals surface area (Å²) < 4.78 is 0. The molecule has 2 aromatic rings. The molecule has 0 spiro atoms. The predicted molar refractivity (Wildman–Crippen MR) is 122 cm³/mol. The highest BCUT2D eigenvalue weighted by atomic mass is 35.5. The predicted octanol–water partition coefficient (Wildman–Crippen LogP) is 4.05. The van der Waals surface area contributed by atoms with Crippen LogP contribution >= 0.6 is 12.4 Å². The first kappa shape index (κ1) is 24.7. The van der Waals surface area contributed by atoms with Crippen LogP contribution < -0.4 is 11.1 Å². The molecule has 0 aromatic heterocycles. The van der Waals surface area contributed by atoms with Gasteiger partial charge in [-0.05, 0) is 48.6 Å². The van der Waals surface area contributed by atoms with E-state index in [9.17, 15) is 9.59 Å². The van der Waals surface area contributed by atoms with E-state index in [0.717, 1.165) is 17.7 Å². The van der Waals surface area contributed by atoms with Crippen LogP contribution in [-0.2, 0) is 11.2 Å². The van der Waals surface area contributed by atoms with Crippen molar-refractivity contribution < 1.29 is 9.59 Å². The second-order valence-corrected chi connectivity index (χ2v) is 7.49. The van der Waals surface area contributed by atoms with Gasteiger partial charge in [0.25, 0.3) is 5.91 Å². The molecule has 29 heavy (non-hydrogen) atoms. The van der Waals surface area contributed by atoms with Gasteiger partial charge in [0, 0.05) is 37.3 Å². The monoisotopic (exact) mass is 417 g/mol. The smallest absolute Gasteiger partial charge is 0.253 e. The van der Waals surface area contributed by atoms with Crippen molar-refractivity contribution in [2.24, 2.45) is 11.7 Å². The Balaban J connectivity index is 0.00000420. The molecule has 0 aliphatic carbocycles. The molecule has 2 amide bonds. The van der Waals surface area contributed by atoms with Gasteiger partial charge in [-0.1, -0.05) is 44.2 Å². The van der Waals surface area contributed by atoms with Gasteiger partial charge in [0.2, 0.25) is 5.91 Å². The number of nitrogens with two attached hydrogens (primary N) is 1. The Bertz CT molecular complexity index is 794. The molecule has 0 unspecified atom stereocenters. The first-order valence-corrected chi connectivity index (χ1v) is 9.84. The second-order valence-electron chi connectivity index (χ2n) is 7.49. The zero-order valence-corrected chi connectivity index (χ0v) is 18.3. The van der Waals surface area contributed by atoms with E-state index < -0.39 is 0 Å². The number of rotatable bonds is 9. The van der Waals surface area contributed by atoms with Gasteiger partial charge in [-0.15, -0.1) is 12.4 Å². The number of carbonyl (C=O) groups excluding carboxylic acids is 2. The van der Waals surface area contributed by atoms with Crippen molar-refractivity contribution >= 4 is 29.9 Å². The third-order valence-electron chi connectivity index (χ3n) is 4.54. The van der Waals surface area contributed by atoms with E-state index in [1.807, 2.05) is 45.0 Å². The maximum Gasteiger partial charge on any atom is 0.253 e. The van der Waals surface area contributed by atoms with Gasteiger partial charge in [-0.2, -0.15) is 0 Å². The third kappa shape index (κ3) is 7.87. The minimum atomic E-state index is -0.0375. The van der Waals surface area contributed by atoms with E-state index in [-0.39, 0.29) is 24.2 Å². The Hall–Kier alpha value is -2.37. The largest absolute Gasteiger partial charge is 0.337 e. The molecule has 0 heterocycles. The van der Waals surface area contributed by atoms with Crippen LogP contribution in [0.1, 0.15) is 41.8 Å². The van der Waals surface area contributed by atoms with Crippen molar-refractivity contribution in [3.05, 3.63) is 65.2 Å². The Morgan fingerprint density at radius 2 is 1.76 bits per heavy atom. The molecule has 0 radical (unpaired) electrons. The Morgan fingerprint density at radius 1 is 1.07 bits per heavy atom. The number of benzene rings is 2. The molecule has 158 valence electrons. The van der Waals surface area contributed by atoms with Gasteiger partial charge >= 0.3 is 0 Å². The molecule has 6 heteroatoms. The fourth-order valence-electron chi connectivity index (χ4n) is 3.07. The Labute approximate surface area is 180 Å². The summed E-state index contributed by atoms with van der Waals surface area (Å²) in [5.41, 5.74) is 9.15. The molecule has 3 N–H and O–H groups in total. The van der Waals surface area contributed by atoms with Crippen LogP contribution in [0.5, 0.6) is 0 Å². The van der Waals surface area contributed by atoms with Crippen LogP contribution in [-0.4, -0.2) is 36.3 Å². The average molecular weight is 418 g/mol. The van der Waals surface area contributed by atoms with Crippen LogP contribution in [0.2, 0.25) is 0 Å². The first-order chi connectivity index (χ1) is 13.4. The van der Waals surface area contributed by atoms with Gasteiger partial charge in [0.05, 0.1) is 0 Å². The van der Waals surface area contributed by atoms with E-state index in [2.05, 4.69) is 17.4 Å². The molecule has 0 saturated carbocycles. The van der Waals surface area contributed by atoms with Crippen LogP contribution in [0.4, 0.5) is 5.69 Å². The molecule has 5 nitrogen and oxygen atoms in total. The Kier molecular flexibility index (Phi) is 10.4. The van der Waals surface area contributed by atoms with Crippen LogP contribution in [0.3, 0.4) is 0 Å². The molecule has 0 aliphatic heterocycles. The number of nitrogens with one attached hydrogen (secondary N) is 1. The molecule has 0 saturated heterocycles. The van der Waals surface area contributed by atoms with E-state index in [0.29, 0.717) is 37.5 Å². The second kappa shape index (κ2) is 12.2. The van der Waals surface area contributed by atoms with Crippen LogP contribution in [0.15, 0.2) is 48.5 Å². The molecule has 0 atom stereocenters. The summed E-state index contributed by atoms with van der Waals surface area (Å²) >= 11 is 0. The summed E-state index contributed by atoms with van der Waals surface area (Å²) in [5.74, 6) is 0.255. The number of anilines is 1. The van der Waals surface area contributed by atoms with Gasteiger partial charge in [0.15, 0.2) is 0 Å². The highest BCUT2D eigenvalue weighted by Crippen LogP contribution is 2.19. The normalized spacial score (nSPS) is 10.4. The summed E-state index contributed by atoms with van der Waals surface area (Å²) in [4.78, 5) is 26.8. The Morgan fingerprint density at radius 3 is 2.34 bits per heavy atom. The minimum Gasteiger partial charge on any atom is -0.337 e. The number of nitrogens with zero attached hydrogens (tertiary/aromatic N) is 1. The number of halogens is 1. The number of carbonyl (C=O) groups is 2. The summed E-state index contributed by atoms with van der Waals surface area (Å²) in [6.07, 6.45) is 1.26. The minimum absolute atomic E-state index is 0. The maximum absolute atomic E-state index is 13.0. The van der Waals surface area contributed by atoms with Crippen molar-refractivity contribution in [1.29, 1.82) is 0 Å². The lowest BCUT2D eigenvalue weighted by Crippen LogP contribution is -2.37. The highest BCUT2D eigenvalue weighted by molar-refractivity contribution is 5.96. The van der Waals surface area contributed by atoms with E-state index in [1.54, 1.807) is 17.0 Å². The van der Waals surface area contributed by atoms with Crippen LogP contribution in [0.25, 0.3) is 0 Å². The van der Waals surface area contributed by atoms with Crippen molar-refractivity contribution in [2.75, 3.05) is 25.0 Å². The quantitative estimate of drug-likeness (QED) is 0.646. The fourth-order valence-corrected chi connectivity index (χ4v) is 3.07. The number of hydrogen-bond acceptors (Lipinski definition) is 3. The molecule has 0 aliphatic rings. The third-order valence-corrected chi connectivity index (χ3v) is 4.54. The lowest BCUT2D eigenvalue weighted by Gasteiger charge is -2.23. The van der Waals surface area contributed by atoms with Gasteiger partial charge in [-0.25, -0.2) is 0 Å². The van der Waals surface area contributed by atoms with Gasteiger partial charge < -0.3 is 16.0 Å². The number of hydrogen-bond donors (Lipinski definition) is 2. The molecular formula is C23H32ClN3O2. The van der Waals surface area contributed by atoms with Gasteiger partial charge in [0.1, 0.15) is 0 Å². The van der Waals surface area contributed by atoms with Crippen molar-refractivity contribution in [1.82, 2.24) is 4.90 Å². The summed E-state index contributed by atoms with van der Waals surface area (Å²) in [7, 11) is 0. The van der Waals surface area contributed by atoms with Gasteiger partial charge in [-0.3, -0.25) is 9.59 Å². The summed E-state index contributed by atoms with van der Waals surface area (Å²) in [6.45, 7) is 7.47. The van der Waals surface area contributed by atoms with E-state index in [1.165, 1.54) is 5.56 Å².